The van der Waals surface area contributed by atoms with Gasteiger partial charge in [0.05, 0.1) is 13.7 Å². The van der Waals surface area contributed by atoms with Crippen LogP contribution in [0.2, 0.25) is 0 Å². The second-order valence-corrected chi connectivity index (χ2v) is 6.54. The van der Waals surface area contributed by atoms with Crippen LogP contribution in [-0.4, -0.2) is 49.5 Å². The molecule has 0 spiro atoms. The van der Waals surface area contributed by atoms with Crippen LogP contribution in [0.15, 0.2) is 18.2 Å². The third-order valence-corrected chi connectivity index (χ3v) is 4.45. The van der Waals surface area contributed by atoms with Crippen LogP contribution in [0, 0.1) is 12.8 Å². The Hall–Kier alpha value is -1.55. The molecule has 1 heterocycles. The summed E-state index contributed by atoms with van der Waals surface area (Å²) in [6.45, 7) is 7.40. The van der Waals surface area contributed by atoms with Crippen LogP contribution in [0.5, 0.6) is 5.75 Å². The van der Waals surface area contributed by atoms with Crippen molar-refractivity contribution < 1.29 is 9.53 Å². The first-order chi connectivity index (χ1) is 10.5. The van der Waals surface area contributed by atoms with E-state index in [1.807, 2.05) is 24.9 Å². The average Bonchev–Trinajstić information content (AvgIpc) is 2.48. The number of ether oxygens (including phenoxy) is 1. The average molecular weight is 304 g/mol. The minimum atomic E-state index is 0.250. The molecule has 0 radical (unpaired) electrons. The first-order valence-electron chi connectivity index (χ1n) is 8.09. The number of rotatable bonds is 5. The first kappa shape index (κ1) is 16.8. The number of piperidine rings is 1. The Kier molecular flexibility index (Phi) is 5.83. The first-order valence-corrected chi connectivity index (χ1v) is 8.09. The third kappa shape index (κ3) is 4.47. The fourth-order valence-electron chi connectivity index (χ4n) is 3.00. The van der Waals surface area contributed by atoms with E-state index in [0.717, 1.165) is 49.7 Å². The number of amides is 1. The summed E-state index contributed by atoms with van der Waals surface area (Å²) in [5.74, 6) is 1.91. The Morgan fingerprint density at radius 3 is 2.64 bits per heavy atom. The van der Waals surface area contributed by atoms with E-state index >= 15 is 0 Å². The lowest BCUT2D eigenvalue weighted by molar-refractivity contribution is -0.133. The number of likely N-dealkylation sites (N-methyl/N-ethyl adjacent to an activating group) is 1. The van der Waals surface area contributed by atoms with Crippen molar-refractivity contribution in [3.63, 3.8) is 0 Å². The summed E-state index contributed by atoms with van der Waals surface area (Å²) >= 11 is 0. The van der Waals surface area contributed by atoms with Crippen molar-refractivity contribution in [2.24, 2.45) is 5.92 Å². The molecule has 0 bridgehead atoms. The molecule has 0 unspecified atom stereocenters. The zero-order valence-electron chi connectivity index (χ0n) is 14.3. The van der Waals surface area contributed by atoms with E-state index in [0.29, 0.717) is 6.54 Å². The van der Waals surface area contributed by atoms with Gasteiger partial charge in [0.15, 0.2) is 0 Å². The van der Waals surface area contributed by atoms with E-state index in [2.05, 4.69) is 24.0 Å². The monoisotopic (exact) mass is 304 g/mol. The highest BCUT2D eigenvalue weighted by Crippen LogP contribution is 2.19. The molecule has 0 saturated carbocycles. The number of hydrogen-bond donors (Lipinski definition) is 0. The van der Waals surface area contributed by atoms with Gasteiger partial charge in [0, 0.05) is 19.6 Å². The van der Waals surface area contributed by atoms with Gasteiger partial charge in [-0.25, -0.2) is 0 Å². The Labute approximate surface area is 134 Å². The number of methoxy groups -OCH3 is 1. The van der Waals surface area contributed by atoms with Crippen LogP contribution in [0.25, 0.3) is 0 Å². The molecule has 1 aliphatic rings. The highest BCUT2D eigenvalue weighted by molar-refractivity contribution is 5.78. The predicted molar refractivity (Wildman–Crippen MR) is 89.0 cm³/mol. The molecule has 122 valence electrons. The molecule has 4 heteroatoms. The number of aryl methyl sites for hydroxylation is 1. The van der Waals surface area contributed by atoms with Gasteiger partial charge in [-0.2, -0.15) is 0 Å². The smallest absolute Gasteiger partial charge is 0.236 e. The predicted octanol–water partition coefficient (Wildman–Crippen LogP) is 2.69. The van der Waals surface area contributed by atoms with E-state index in [4.69, 9.17) is 4.74 Å². The van der Waals surface area contributed by atoms with Crippen molar-refractivity contribution >= 4 is 5.91 Å². The topological polar surface area (TPSA) is 32.8 Å². The summed E-state index contributed by atoms with van der Waals surface area (Å²) in [6.07, 6.45) is 2.26. The summed E-state index contributed by atoms with van der Waals surface area (Å²) in [5.41, 5.74) is 2.34. The number of nitrogens with zero attached hydrogens (tertiary/aromatic N) is 2. The van der Waals surface area contributed by atoms with Gasteiger partial charge in [-0.15, -0.1) is 0 Å². The standard InChI is InChI=1S/C18H28N2O2/c1-14-7-9-20(10-8-14)18(21)13-19(3)12-16-5-6-17(22-4)15(2)11-16/h5-6,11,14H,7-10,12-13H2,1-4H3. The Balaban J connectivity index is 1.85. The molecule has 0 atom stereocenters. The molecule has 1 aliphatic heterocycles. The van der Waals surface area contributed by atoms with Crippen LogP contribution < -0.4 is 4.74 Å². The van der Waals surface area contributed by atoms with Crippen LogP contribution >= 0.6 is 0 Å². The lowest BCUT2D eigenvalue weighted by Crippen LogP contribution is -2.42. The molecule has 1 aromatic rings. The van der Waals surface area contributed by atoms with Gasteiger partial charge in [-0.3, -0.25) is 9.69 Å². The summed E-state index contributed by atoms with van der Waals surface area (Å²) in [5, 5.41) is 0. The van der Waals surface area contributed by atoms with Gasteiger partial charge in [0.25, 0.3) is 0 Å². The van der Waals surface area contributed by atoms with Gasteiger partial charge < -0.3 is 9.64 Å². The molecule has 1 aromatic carbocycles. The second-order valence-electron chi connectivity index (χ2n) is 6.54. The van der Waals surface area contributed by atoms with Gasteiger partial charge in [-0.1, -0.05) is 19.1 Å². The van der Waals surface area contributed by atoms with Gasteiger partial charge in [0.1, 0.15) is 5.75 Å². The molecular formula is C18H28N2O2. The molecule has 0 aromatic heterocycles. The lowest BCUT2D eigenvalue weighted by atomic mass is 9.99. The zero-order chi connectivity index (χ0) is 16.1. The molecule has 4 nitrogen and oxygen atoms in total. The maximum atomic E-state index is 12.3. The fraction of sp³-hybridized carbons (Fsp3) is 0.611. The molecule has 0 aliphatic carbocycles. The van der Waals surface area contributed by atoms with E-state index in [9.17, 15) is 4.79 Å². The number of hydrogen-bond acceptors (Lipinski definition) is 3. The summed E-state index contributed by atoms with van der Waals surface area (Å²) in [4.78, 5) is 16.4. The Morgan fingerprint density at radius 2 is 2.05 bits per heavy atom. The maximum Gasteiger partial charge on any atom is 0.236 e. The molecule has 2 rings (SSSR count). The van der Waals surface area contributed by atoms with Crippen LogP contribution in [0.1, 0.15) is 30.9 Å². The zero-order valence-corrected chi connectivity index (χ0v) is 14.3. The van der Waals surface area contributed by atoms with Gasteiger partial charge in [-0.05, 0) is 49.9 Å². The summed E-state index contributed by atoms with van der Waals surface area (Å²) in [6, 6.07) is 6.18. The van der Waals surface area contributed by atoms with E-state index in [-0.39, 0.29) is 5.91 Å². The molecule has 0 N–H and O–H groups in total. The van der Waals surface area contributed by atoms with Crippen molar-refractivity contribution in [2.45, 2.75) is 33.2 Å². The molecule has 1 saturated heterocycles. The Morgan fingerprint density at radius 1 is 1.36 bits per heavy atom. The number of benzene rings is 1. The highest BCUT2D eigenvalue weighted by Gasteiger charge is 2.21. The number of likely N-dealkylation sites (tertiary alicyclic amines) is 1. The minimum absolute atomic E-state index is 0.250. The van der Waals surface area contributed by atoms with Crippen molar-refractivity contribution in [3.05, 3.63) is 29.3 Å². The quantitative estimate of drug-likeness (QED) is 0.838. The normalized spacial score (nSPS) is 16.1. The van der Waals surface area contributed by atoms with Crippen LogP contribution in [0.4, 0.5) is 0 Å². The van der Waals surface area contributed by atoms with E-state index in [1.165, 1.54) is 5.56 Å². The third-order valence-electron chi connectivity index (χ3n) is 4.45. The van der Waals surface area contributed by atoms with E-state index < -0.39 is 0 Å². The Bertz CT molecular complexity index is 508. The lowest BCUT2D eigenvalue weighted by Gasteiger charge is -2.31. The minimum Gasteiger partial charge on any atom is -0.496 e. The van der Waals surface area contributed by atoms with Crippen molar-refractivity contribution in [2.75, 3.05) is 33.8 Å². The van der Waals surface area contributed by atoms with Crippen LogP contribution in [-0.2, 0) is 11.3 Å². The SMILES string of the molecule is COc1ccc(CN(C)CC(=O)N2CCC(C)CC2)cc1C. The highest BCUT2D eigenvalue weighted by atomic mass is 16.5. The maximum absolute atomic E-state index is 12.3. The summed E-state index contributed by atoms with van der Waals surface area (Å²) in [7, 11) is 3.69. The van der Waals surface area contributed by atoms with E-state index in [1.54, 1.807) is 7.11 Å². The van der Waals surface area contributed by atoms with Crippen molar-refractivity contribution in [1.82, 2.24) is 9.80 Å². The fourth-order valence-corrected chi connectivity index (χ4v) is 3.00. The molecule has 1 amide bonds. The molecular weight excluding hydrogens is 276 g/mol. The van der Waals surface area contributed by atoms with Crippen molar-refractivity contribution in [3.8, 4) is 5.75 Å². The van der Waals surface area contributed by atoms with Crippen molar-refractivity contribution in [1.29, 1.82) is 0 Å². The molecule has 22 heavy (non-hydrogen) atoms. The largest absolute Gasteiger partial charge is 0.496 e. The van der Waals surface area contributed by atoms with Gasteiger partial charge >= 0.3 is 0 Å². The van der Waals surface area contributed by atoms with Crippen LogP contribution in [0.3, 0.4) is 0 Å². The number of carbonyl (C=O) groups is 1. The summed E-state index contributed by atoms with van der Waals surface area (Å²) < 4.78 is 5.28. The second kappa shape index (κ2) is 7.63. The number of carbonyl (C=O) groups excluding carboxylic acids is 1. The van der Waals surface area contributed by atoms with Gasteiger partial charge in [0.2, 0.25) is 5.91 Å². The molecule has 1 fully saturated rings.